The zero-order valence-corrected chi connectivity index (χ0v) is 21.0. The van der Waals surface area contributed by atoms with E-state index in [0.29, 0.717) is 24.8 Å². The molecular formula is C29H35N5O. The molecule has 2 aromatic heterocycles. The number of rotatable bonds is 9. The molecule has 1 aliphatic rings. The maximum atomic E-state index is 12.6. The first-order chi connectivity index (χ1) is 16.9. The monoisotopic (exact) mass is 469 g/mol. The summed E-state index contributed by atoms with van der Waals surface area (Å²) in [7, 11) is 0. The number of nitrogens with one attached hydrogen (secondary N) is 1. The molecule has 35 heavy (non-hydrogen) atoms. The molecule has 1 fully saturated rings. The van der Waals surface area contributed by atoms with Gasteiger partial charge in [-0.2, -0.15) is 0 Å². The summed E-state index contributed by atoms with van der Waals surface area (Å²) >= 11 is 0. The number of carbonyl (C=O) groups is 1. The summed E-state index contributed by atoms with van der Waals surface area (Å²) in [5, 5.41) is 4.21. The standard InChI is InChI=1S/C29H35N5O/c1-4-5-10-24-33-25-26(22-8-6-7-9-23(22)32-27(25)30)34(24)18-20-13-11-19(12-14-20)17-31-28(35)29(2,3)21-15-16-21/h6-9,11-14,21H,4-5,10,15-18H2,1-3H3,(H2,30,32)(H,31,35). The number of carbonyl (C=O) groups excluding carboxylic acids is 1. The molecule has 0 unspecified atom stereocenters. The highest BCUT2D eigenvalue weighted by molar-refractivity contribution is 6.06. The number of nitrogen functional groups attached to an aromatic ring is 1. The van der Waals surface area contributed by atoms with Gasteiger partial charge in [-0.05, 0) is 42.4 Å². The van der Waals surface area contributed by atoms with Gasteiger partial charge in [0.1, 0.15) is 11.3 Å². The zero-order chi connectivity index (χ0) is 24.6. The molecule has 1 aliphatic carbocycles. The van der Waals surface area contributed by atoms with Crippen LogP contribution in [0.25, 0.3) is 21.9 Å². The van der Waals surface area contributed by atoms with Crippen molar-refractivity contribution >= 4 is 33.7 Å². The fraction of sp³-hybridized carbons (Fsp3) is 0.414. The van der Waals surface area contributed by atoms with Crippen LogP contribution < -0.4 is 11.1 Å². The highest BCUT2D eigenvalue weighted by atomic mass is 16.2. The second kappa shape index (κ2) is 9.33. The Labute approximate surface area is 206 Å². The number of para-hydroxylation sites is 1. The Kier molecular flexibility index (Phi) is 6.22. The van der Waals surface area contributed by atoms with Gasteiger partial charge < -0.3 is 15.6 Å². The third kappa shape index (κ3) is 4.62. The van der Waals surface area contributed by atoms with E-state index in [1.54, 1.807) is 0 Å². The van der Waals surface area contributed by atoms with Crippen molar-refractivity contribution in [1.29, 1.82) is 0 Å². The number of hydrogen-bond acceptors (Lipinski definition) is 4. The zero-order valence-electron chi connectivity index (χ0n) is 21.0. The minimum atomic E-state index is -0.281. The van der Waals surface area contributed by atoms with Gasteiger partial charge in [-0.25, -0.2) is 9.97 Å². The summed E-state index contributed by atoms with van der Waals surface area (Å²) in [5.41, 5.74) is 11.1. The summed E-state index contributed by atoms with van der Waals surface area (Å²) < 4.78 is 2.31. The van der Waals surface area contributed by atoms with E-state index in [1.807, 2.05) is 18.2 Å². The van der Waals surface area contributed by atoms with Crippen molar-refractivity contribution in [3.63, 3.8) is 0 Å². The SMILES string of the molecule is CCCCc1nc2c(N)nc3ccccc3c2n1Cc1ccc(CNC(=O)C(C)(C)C2CC2)cc1. The quantitative estimate of drug-likeness (QED) is 0.334. The van der Waals surface area contributed by atoms with Gasteiger partial charge in [-0.15, -0.1) is 0 Å². The van der Waals surface area contributed by atoms with Gasteiger partial charge in [-0.3, -0.25) is 4.79 Å². The van der Waals surface area contributed by atoms with Crippen LogP contribution in [0.2, 0.25) is 0 Å². The maximum absolute atomic E-state index is 12.6. The molecule has 3 N–H and O–H groups in total. The number of imidazole rings is 1. The van der Waals surface area contributed by atoms with Crippen LogP contribution in [0.4, 0.5) is 5.82 Å². The molecule has 0 bridgehead atoms. The van der Waals surface area contributed by atoms with Crippen molar-refractivity contribution in [3.8, 4) is 0 Å². The van der Waals surface area contributed by atoms with Crippen molar-refractivity contribution in [1.82, 2.24) is 19.9 Å². The highest BCUT2D eigenvalue weighted by Crippen LogP contribution is 2.45. The molecule has 1 saturated carbocycles. The first kappa shape index (κ1) is 23.3. The summed E-state index contributed by atoms with van der Waals surface area (Å²) in [6.45, 7) is 7.57. The summed E-state index contributed by atoms with van der Waals surface area (Å²) in [6, 6.07) is 16.6. The van der Waals surface area contributed by atoms with E-state index in [0.717, 1.165) is 65.4 Å². The number of nitrogens with zero attached hydrogens (tertiary/aromatic N) is 3. The minimum Gasteiger partial charge on any atom is -0.382 e. The van der Waals surface area contributed by atoms with Crippen molar-refractivity contribution in [2.45, 2.75) is 66.0 Å². The number of aryl methyl sites for hydroxylation is 1. The molecule has 6 heteroatoms. The predicted molar refractivity (Wildman–Crippen MR) is 142 cm³/mol. The van der Waals surface area contributed by atoms with Gasteiger partial charge >= 0.3 is 0 Å². The van der Waals surface area contributed by atoms with Crippen LogP contribution in [0.3, 0.4) is 0 Å². The minimum absolute atomic E-state index is 0.146. The second-order valence-electron chi connectivity index (χ2n) is 10.4. The van der Waals surface area contributed by atoms with Crippen molar-refractivity contribution in [2.75, 3.05) is 5.73 Å². The molecule has 6 nitrogen and oxygen atoms in total. The fourth-order valence-corrected chi connectivity index (χ4v) is 4.95. The first-order valence-electron chi connectivity index (χ1n) is 12.8. The number of amides is 1. The van der Waals surface area contributed by atoms with E-state index in [1.165, 1.54) is 5.56 Å². The van der Waals surface area contributed by atoms with Crippen LogP contribution in [-0.4, -0.2) is 20.4 Å². The van der Waals surface area contributed by atoms with E-state index in [-0.39, 0.29) is 11.3 Å². The molecule has 4 aromatic rings. The largest absolute Gasteiger partial charge is 0.382 e. The smallest absolute Gasteiger partial charge is 0.226 e. The van der Waals surface area contributed by atoms with Crippen molar-refractivity contribution in [2.24, 2.45) is 11.3 Å². The molecule has 0 radical (unpaired) electrons. The lowest BCUT2D eigenvalue weighted by Crippen LogP contribution is -2.37. The lowest BCUT2D eigenvalue weighted by atomic mass is 9.86. The summed E-state index contributed by atoms with van der Waals surface area (Å²) in [4.78, 5) is 22.2. The highest BCUT2D eigenvalue weighted by Gasteiger charge is 2.43. The van der Waals surface area contributed by atoms with Crippen LogP contribution >= 0.6 is 0 Å². The number of hydrogen-bond donors (Lipinski definition) is 2. The third-order valence-electron chi connectivity index (χ3n) is 7.44. The molecule has 0 aliphatic heterocycles. The van der Waals surface area contributed by atoms with Crippen LogP contribution in [0, 0.1) is 11.3 Å². The fourth-order valence-electron chi connectivity index (χ4n) is 4.95. The molecule has 0 spiro atoms. The third-order valence-corrected chi connectivity index (χ3v) is 7.44. The number of unbranched alkanes of at least 4 members (excludes halogenated alkanes) is 1. The number of fused-ring (bicyclic) bond motifs is 3. The second-order valence-corrected chi connectivity index (χ2v) is 10.4. The molecule has 2 heterocycles. The van der Waals surface area contributed by atoms with Gasteiger partial charge in [-0.1, -0.05) is 69.7 Å². The van der Waals surface area contributed by atoms with Gasteiger partial charge in [0.25, 0.3) is 0 Å². The molecule has 182 valence electrons. The Hall–Kier alpha value is -3.41. The summed E-state index contributed by atoms with van der Waals surface area (Å²) in [5.74, 6) is 2.20. The molecular weight excluding hydrogens is 434 g/mol. The topological polar surface area (TPSA) is 85.8 Å². The number of nitrogens with two attached hydrogens (primary N) is 1. The number of aromatic nitrogens is 3. The Balaban J connectivity index is 1.41. The van der Waals surface area contributed by atoms with E-state index in [4.69, 9.17) is 10.7 Å². The normalized spacial score (nSPS) is 14.0. The summed E-state index contributed by atoms with van der Waals surface area (Å²) in [6.07, 6.45) is 5.41. The lowest BCUT2D eigenvalue weighted by molar-refractivity contribution is -0.130. The predicted octanol–water partition coefficient (Wildman–Crippen LogP) is 5.61. The molecule has 0 saturated heterocycles. The van der Waals surface area contributed by atoms with Crippen molar-refractivity contribution < 1.29 is 4.79 Å². The van der Waals surface area contributed by atoms with Gasteiger partial charge in [0.2, 0.25) is 5.91 Å². The van der Waals surface area contributed by atoms with Crippen LogP contribution in [0.15, 0.2) is 48.5 Å². The Morgan fingerprint density at radius 1 is 1.09 bits per heavy atom. The number of benzene rings is 2. The van der Waals surface area contributed by atoms with Crippen LogP contribution in [-0.2, 0) is 24.3 Å². The average molecular weight is 470 g/mol. The van der Waals surface area contributed by atoms with E-state index in [2.05, 4.69) is 66.0 Å². The Morgan fingerprint density at radius 2 is 1.80 bits per heavy atom. The van der Waals surface area contributed by atoms with E-state index < -0.39 is 0 Å². The number of pyridine rings is 1. The first-order valence-corrected chi connectivity index (χ1v) is 12.8. The van der Waals surface area contributed by atoms with Crippen LogP contribution in [0.1, 0.15) is 63.4 Å². The lowest BCUT2D eigenvalue weighted by Gasteiger charge is -2.23. The van der Waals surface area contributed by atoms with Gasteiger partial charge in [0.15, 0.2) is 5.82 Å². The Morgan fingerprint density at radius 3 is 2.51 bits per heavy atom. The van der Waals surface area contributed by atoms with E-state index in [9.17, 15) is 4.79 Å². The van der Waals surface area contributed by atoms with Gasteiger partial charge in [0.05, 0.1) is 11.0 Å². The average Bonchev–Trinajstić information content (AvgIpc) is 3.66. The van der Waals surface area contributed by atoms with Gasteiger partial charge in [0, 0.05) is 30.3 Å². The Bertz CT molecular complexity index is 1370. The number of anilines is 1. The molecule has 1 amide bonds. The maximum Gasteiger partial charge on any atom is 0.226 e. The van der Waals surface area contributed by atoms with Crippen molar-refractivity contribution in [3.05, 3.63) is 65.5 Å². The van der Waals surface area contributed by atoms with Crippen LogP contribution in [0.5, 0.6) is 0 Å². The molecule has 2 aromatic carbocycles. The molecule has 0 atom stereocenters. The molecule has 5 rings (SSSR count). The van der Waals surface area contributed by atoms with E-state index >= 15 is 0 Å².